The van der Waals surface area contributed by atoms with Gasteiger partial charge in [-0.1, -0.05) is 64.7 Å². The predicted octanol–water partition coefficient (Wildman–Crippen LogP) is -0.175. The summed E-state index contributed by atoms with van der Waals surface area (Å²) < 4.78 is 20.4. The molecule has 9 heteroatoms. The van der Waals surface area contributed by atoms with Gasteiger partial charge in [-0.05, 0) is 6.42 Å². The first kappa shape index (κ1) is 26.8. The fourth-order valence-corrected chi connectivity index (χ4v) is 2.82. The summed E-state index contributed by atoms with van der Waals surface area (Å²) in [5.74, 6) is -1.32. The molecule has 0 aliphatic rings. The van der Waals surface area contributed by atoms with Gasteiger partial charge in [0.25, 0.3) is 7.82 Å². The Balaban J connectivity index is 0. The van der Waals surface area contributed by atoms with Crippen LogP contribution in [-0.2, 0) is 18.4 Å². The van der Waals surface area contributed by atoms with Gasteiger partial charge in [0.2, 0.25) is 0 Å². The number of rotatable bonds is 16. The van der Waals surface area contributed by atoms with Crippen LogP contribution < -0.4 is 40.2 Å². The molecule has 0 aromatic heterocycles. The molecule has 0 saturated carbocycles. The summed E-state index contributed by atoms with van der Waals surface area (Å²) in [6, 6.07) is -1.38. The summed E-state index contributed by atoms with van der Waals surface area (Å²) in [4.78, 5) is 21.8. The minimum absolute atomic E-state index is 0. The van der Waals surface area contributed by atoms with Gasteiger partial charge in [0.1, 0.15) is 6.04 Å². The second kappa shape index (κ2) is 17.0. The van der Waals surface area contributed by atoms with Crippen molar-refractivity contribution in [3.8, 4) is 0 Å². The van der Waals surface area contributed by atoms with E-state index < -0.39 is 26.4 Å². The summed E-state index contributed by atoms with van der Waals surface area (Å²) in [5, 5.41) is 8.52. The van der Waals surface area contributed by atoms with Crippen LogP contribution >= 0.6 is 7.82 Å². The third kappa shape index (κ3) is 17.4. The van der Waals surface area contributed by atoms with E-state index in [-0.39, 0.29) is 36.2 Å². The van der Waals surface area contributed by atoms with Gasteiger partial charge in [0.15, 0.2) is 0 Å². The van der Waals surface area contributed by atoms with Gasteiger partial charge in [-0.15, -0.1) is 0 Å². The molecule has 0 bridgehead atoms. The van der Waals surface area contributed by atoms with Gasteiger partial charge in [0, 0.05) is 0 Å². The molecular formula is C15H31NNaO6P. The Kier molecular flexibility index (Phi) is 18.9. The average molecular weight is 375 g/mol. The van der Waals surface area contributed by atoms with E-state index in [0.29, 0.717) is 6.42 Å². The monoisotopic (exact) mass is 375 g/mol. The zero-order valence-corrected chi connectivity index (χ0v) is 18.0. The molecular weight excluding hydrogens is 344 g/mol. The van der Waals surface area contributed by atoms with Crippen molar-refractivity contribution in [3.63, 3.8) is 0 Å². The molecule has 0 radical (unpaired) electrons. The van der Waals surface area contributed by atoms with Crippen molar-refractivity contribution in [1.82, 2.24) is 0 Å². The molecule has 0 amide bonds. The summed E-state index contributed by atoms with van der Waals surface area (Å²) >= 11 is 0. The van der Waals surface area contributed by atoms with E-state index in [4.69, 9.17) is 10.8 Å². The van der Waals surface area contributed by atoms with Crippen LogP contribution in [0.2, 0.25) is 0 Å². The number of hydrogen-bond acceptors (Lipinski definition) is 6. The smallest absolute Gasteiger partial charge is 0.756 e. The first-order valence-corrected chi connectivity index (χ1v) is 9.93. The molecule has 0 spiro atoms. The van der Waals surface area contributed by atoms with Crippen molar-refractivity contribution in [2.45, 2.75) is 77.2 Å². The minimum Gasteiger partial charge on any atom is -0.756 e. The molecule has 0 aliphatic carbocycles. The van der Waals surface area contributed by atoms with Crippen LogP contribution in [0.1, 0.15) is 71.1 Å². The third-order valence-corrected chi connectivity index (χ3v) is 4.44. The molecule has 3 N–H and O–H groups in total. The van der Waals surface area contributed by atoms with E-state index in [1.165, 1.54) is 38.5 Å². The Labute approximate surface area is 167 Å². The number of carboxylic acid groups (broad SMARTS) is 1. The van der Waals surface area contributed by atoms with Crippen molar-refractivity contribution < 1.29 is 58.0 Å². The number of aliphatic carboxylic acids is 1. The van der Waals surface area contributed by atoms with E-state index in [1.807, 2.05) is 0 Å². The van der Waals surface area contributed by atoms with Gasteiger partial charge in [-0.25, -0.2) is 0 Å². The van der Waals surface area contributed by atoms with Crippen LogP contribution in [0, 0.1) is 0 Å². The normalized spacial score (nSPS) is 14.6. The molecule has 2 atom stereocenters. The Hall–Kier alpha value is 0.540. The van der Waals surface area contributed by atoms with Crippen molar-refractivity contribution in [3.05, 3.63) is 0 Å². The summed E-state index contributed by atoms with van der Waals surface area (Å²) in [6.07, 6.45) is 11.4. The summed E-state index contributed by atoms with van der Waals surface area (Å²) in [5.41, 5.74) is 5.14. The molecule has 24 heavy (non-hydrogen) atoms. The fourth-order valence-electron chi connectivity index (χ4n) is 2.05. The van der Waals surface area contributed by atoms with E-state index >= 15 is 0 Å². The minimum atomic E-state index is -4.46. The molecule has 0 saturated heterocycles. The molecule has 0 aromatic carbocycles. The molecule has 0 rings (SSSR count). The number of unbranched alkanes of at least 4 members (excludes halogenated alkanes) is 9. The number of phosphoric ester groups is 1. The van der Waals surface area contributed by atoms with E-state index in [9.17, 15) is 14.3 Å². The SMILES string of the molecule is CCCCCCCCCCCCOP(=O)([O-])OCC(N)C(=O)O.[Na+]. The average Bonchev–Trinajstić information content (AvgIpc) is 2.50. The standard InChI is InChI=1S/C15H32NO6P.Na/c1-2-3-4-5-6-7-8-9-10-11-12-21-23(19,20)22-13-14(16)15(17)18;/h14H,2-13,16H2,1H3,(H,17,18)(H,19,20);/q;+1/p-1. The van der Waals surface area contributed by atoms with Crippen molar-refractivity contribution in [2.75, 3.05) is 13.2 Å². The summed E-state index contributed by atoms with van der Waals surface area (Å²) in [6.45, 7) is 1.64. The second-order valence-corrected chi connectivity index (χ2v) is 7.11. The first-order valence-electron chi connectivity index (χ1n) is 8.47. The van der Waals surface area contributed by atoms with Crippen LogP contribution in [0.5, 0.6) is 0 Å². The largest absolute Gasteiger partial charge is 1.00 e. The topological polar surface area (TPSA) is 122 Å². The number of hydrogen-bond donors (Lipinski definition) is 2. The van der Waals surface area contributed by atoms with Gasteiger partial charge in [-0.2, -0.15) is 0 Å². The molecule has 0 fully saturated rings. The van der Waals surface area contributed by atoms with Crippen LogP contribution in [0.3, 0.4) is 0 Å². The molecule has 0 heterocycles. The first-order chi connectivity index (χ1) is 10.9. The van der Waals surface area contributed by atoms with E-state index in [2.05, 4.69) is 16.0 Å². The quantitative estimate of drug-likeness (QED) is 0.218. The maximum Gasteiger partial charge on any atom is 1.00 e. The van der Waals surface area contributed by atoms with Crippen molar-refractivity contribution in [1.29, 1.82) is 0 Å². The van der Waals surface area contributed by atoms with Gasteiger partial charge < -0.3 is 24.8 Å². The Bertz CT molecular complexity index is 359. The van der Waals surface area contributed by atoms with Gasteiger partial charge in [0.05, 0.1) is 13.2 Å². The van der Waals surface area contributed by atoms with E-state index in [1.54, 1.807) is 0 Å². The van der Waals surface area contributed by atoms with Gasteiger partial charge in [-0.3, -0.25) is 9.36 Å². The number of phosphoric acid groups is 1. The number of carbonyl (C=O) groups is 1. The Morgan fingerprint density at radius 3 is 1.96 bits per heavy atom. The molecule has 2 unspecified atom stereocenters. The number of nitrogens with two attached hydrogens (primary N) is 1. The maximum atomic E-state index is 11.4. The van der Waals surface area contributed by atoms with Gasteiger partial charge >= 0.3 is 35.5 Å². The Morgan fingerprint density at radius 1 is 1.04 bits per heavy atom. The Morgan fingerprint density at radius 2 is 1.50 bits per heavy atom. The fraction of sp³-hybridized carbons (Fsp3) is 0.933. The maximum absolute atomic E-state index is 11.4. The zero-order chi connectivity index (χ0) is 17.6. The molecule has 0 aromatic rings. The number of carboxylic acids is 1. The van der Waals surface area contributed by atoms with Crippen molar-refractivity contribution in [2.24, 2.45) is 5.73 Å². The van der Waals surface area contributed by atoms with Crippen LogP contribution in [0.25, 0.3) is 0 Å². The van der Waals surface area contributed by atoms with Crippen LogP contribution in [-0.4, -0.2) is 30.3 Å². The predicted molar refractivity (Wildman–Crippen MR) is 87.0 cm³/mol. The van der Waals surface area contributed by atoms with E-state index in [0.717, 1.165) is 19.3 Å². The van der Waals surface area contributed by atoms with Crippen LogP contribution in [0.4, 0.5) is 0 Å². The molecule has 0 aliphatic heterocycles. The summed E-state index contributed by atoms with van der Waals surface area (Å²) in [7, 11) is -4.46. The zero-order valence-electron chi connectivity index (χ0n) is 15.1. The molecule has 138 valence electrons. The van der Waals surface area contributed by atoms with Crippen molar-refractivity contribution >= 4 is 13.8 Å². The second-order valence-electron chi connectivity index (χ2n) is 5.70. The van der Waals surface area contributed by atoms with Crippen LogP contribution in [0.15, 0.2) is 0 Å². The molecule has 7 nitrogen and oxygen atoms in total. The third-order valence-electron chi connectivity index (χ3n) is 3.48.